The molecule has 17 heavy (non-hydrogen) atoms. The lowest BCUT2D eigenvalue weighted by Gasteiger charge is -2.32. The molecule has 0 unspecified atom stereocenters. The molecule has 0 atom stereocenters. The molecule has 1 rings (SSSR count). The smallest absolute Gasteiger partial charge is 0.226 e. The molecule has 0 aliphatic carbocycles. The van der Waals surface area contributed by atoms with Crippen LogP contribution in [0.15, 0.2) is 0 Å². The van der Waals surface area contributed by atoms with Gasteiger partial charge in [0.1, 0.15) is 0 Å². The van der Waals surface area contributed by atoms with E-state index in [0.717, 1.165) is 25.9 Å². The number of ether oxygens (including phenoxy) is 2. The highest BCUT2D eigenvalue weighted by Crippen LogP contribution is 2.27. The maximum atomic E-state index is 12.0. The Morgan fingerprint density at radius 2 is 2.00 bits per heavy atom. The minimum absolute atomic E-state index is 0.148. The van der Waals surface area contributed by atoms with Crippen molar-refractivity contribution in [1.82, 2.24) is 10.6 Å². The lowest BCUT2D eigenvalue weighted by atomic mass is 9.80. The quantitative estimate of drug-likeness (QED) is 0.626. The third-order valence-corrected chi connectivity index (χ3v) is 3.22. The van der Waals surface area contributed by atoms with Crippen molar-refractivity contribution < 1.29 is 14.3 Å². The zero-order chi connectivity index (χ0) is 12.6. The van der Waals surface area contributed by atoms with Gasteiger partial charge in [0.15, 0.2) is 0 Å². The molecule has 5 nitrogen and oxygen atoms in total. The predicted molar refractivity (Wildman–Crippen MR) is 65.9 cm³/mol. The Bertz CT molecular complexity index is 228. The van der Waals surface area contributed by atoms with E-state index in [1.807, 2.05) is 6.92 Å². The lowest BCUT2D eigenvalue weighted by molar-refractivity contribution is -0.131. The first-order chi connectivity index (χ1) is 8.19. The van der Waals surface area contributed by atoms with E-state index >= 15 is 0 Å². The second-order valence-electron chi connectivity index (χ2n) is 4.67. The van der Waals surface area contributed by atoms with Crippen LogP contribution in [-0.2, 0) is 14.3 Å². The van der Waals surface area contributed by atoms with Crippen molar-refractivity contribution in [2.75, 3.05) is 46.6 Å². The van der Waals surface area contributed by atoms with Gasteiger partial charge in [-0.15, -0.1) is 0 Å². The van der Waals surface area contributed by atoms with Gasteiger partial charge in [-0.2, -0.15) is 0 Å². The molecule has 5 heteroatoms. The number of hydrogen-bond donors (Lipinski definition) is 2. The maximum absolute atomic E-state index is 12.0. The van der Waals surface area contributed by atoms with Gasteiger partial charge in [-0.1, -0.05) is 6.92 Å². The first-order valence-corrected chi connectivity index (χ1v) is 6.25. The number of nitrogens with one attached hydrogen (secondary N) is 2. The summed E-state index contributed by atoms with van der Waals surface area (Å²) in [5, 5.41) is 6.20. The van der Waals surface area contributed by atoms with Crippen LogP contribution in [0.3, 0.4) is 0 Å². The van der Waals surface area contributed by atoms with Gasteiger partial charge in [0.2, 0.25) is 5.91 Å². The van der Waals surface area contributed by atoms with Crippen LogP contribution in [0.2, 0.25) is 0 Å². The summed E-state index contributed by atoms with van der Waals surface area (Å²) in [7, 11) is 1.64. The Balaban J connectivity index is 2.11. The van der Waals surface area contributed by atoms with Crippen molar-refractivity contribution in [3.8, 4) is 0 Å². The molecule has 0 aromatic heterocycles. The van der Waals surface area contributed by atoms with Crippen LogP contribution in [0.25, 0.3) is 0 Å². The van der Waals surface area contributed by atoms with E-state index < -0.39 is 0 Å². The number of rotatable bonds is 7. The molecule has 1 aliphatic rings. The fourth-order valence-corrected chi connectivity index (χ4v) is 1.90. The predicted octanol–water partition coefficient (Wildman–Crippen LogP) is 0.155. The highest BCUT2D eigenvalue weighted by molar-refractivity contribution is 5.82. The molecule has 0 aromatic rings. The third-order valence-electron chi connectivity index (χ3n) is 3.22. The topological polar surface area (TPSA) is 59.6 Å². The molecule has 0 saturated carbocycles. The van der Waals surface area contributed by atoms with Crippen LogP contribution in [0.1, 0.15) is 19.8 Å². The summed E-state index contributed by atoms with van der Waals surface area (Å²) in [6, 6.07) is 0. The summed E-state index contributed by atoms with van der Waals surface area (Å²) >= 11 is 0. The van der Waals surface area contributed by atoms with Gasteiger partial charge in [0, 0.05) is 19.1 Å². The molecule has 1 saturated heterocycles. The van der Waals surface area contributed by atoms with E-state index in [1.165, 1.54) is 0 Å². The lowest BCUT2D eigenvalue weighted by Crippen LogP contribution is -2.46. The highest BCUT2D eigenvalue weighted by atomic mass is 16.5. The SMILES string of the molecule is COCCOCCNC(=O)C1(C)CCNCC1. The molecule has 1 heterocycles. The van der Waals surface area contributed by atoms with Crippen LogP contribution in [0.4, 0.5) is 0 Å². The van der Waals surface area contributed by atoms with Crippen LogP contribution in [-0.4, -0.2) is 52.5 Å². The number of amides is 1. The third kappa shape index (κ3) is 5.02. The molecule has 1 fully saturated rings. The first-order valence-electron chi connectivity index (χ1n) is 6.25. The number of methoxy groups -OCH3 is 1. The molecule has 0 aromatic carbocycles. The Kier molecular flexibility index (Phi) is 6.47. The van der Waals surface area contributed by atoms with Crippen molar-refractivity contribution in [2.24, 2.45) is 5.41 Å². The highest BCUT2D eigenvalue weighted by Gasteiger charge is 2.33. The van der Waals surface area contributed by atoms with Crippen LogP contribution < -0.4 is 10.6 Å². The molecule has 0 radical (unpaired) electrons. The maximum Gasteiger partial charge on any atom is 0.226 e. The molecule has 1 aliphatic heterocycles. The second kappa shape index (κ2) is 7.63. The van der Waals surface area contributed by atoms with Crippen LogP contribution in [0.5, 0.6) is 0 Å². The van der Waals surface area contributed by atoms with Gasteiger partial charge in [-0.25, -0.2) is 0 Å². The summed E-state index contributed by atoms with van der Waals surface area (Å²) in [6.45, 7) is 6.18. The summed E-state index contributed by atoms with van der Waals surface area (Å²) in [5.74, 6) is 0.148. The van der Waals surface area contributed by atoms with E-state index in [4.69, 9.17) is 9.47 Å². The minimum atomic E-state index is -0.211. The average Bonchev–Trinajstić information content (AvgIpc) is 2.34. The molecule has 100 valence electrons. The summed E-state index contributed by atoms with van der Waals surface area (Å²) in [4.78, 5) is 12.0. The molecular weight excluding hydrogens is 220 g/mol. The number of carbonyl (C=O) groups is 1. The standard InChI is InChI=1S/C12H24N2O3/c1-12(3-5-13-6-4-12)11(15)14-7-8-17-10-9-16-2/h13H,3-10H2,1-2H3,(H,14,15). The number of carbonyl (C=O) groups excluding carboxylic acids is 1. The molecule has 2 N–H and O–H groups in total. The number of hydrogen-bond acceptors (Lipinski definition) is 4. The van der Waals surface area contributed by atoms with Crippen molar-refractivity contribution in [2.45, 2.75) is 19.8 Å². The largest absolute Gasteiger partial charge is 0.382 e. The number of piperidine rings is 1. The van der Waals surface area contributed by atoms with E-state index in [9.17, 15) is 4.79 Å². The van der Waals surface area contributed by atoms with Gasteiger partial charge in [0.05, 0.1) is 19.8 Å². The summed E-state index contributed by atoms with van der Waals surface area (Å²) < 4.78 is 10.2. The molecule has 0 bridgehead atoms. The van der Waals surface area contributed by atoms with Crippen LogP contribution >= 0.6 is 0 Å². The zero-order valence-corrected chi connectivity index (χ0v) is 10.9. The monoisotopic (exact) mass is 244 g/mol. The normalized spacial score (nSPS) is 18.9. The Morgan fingerprint density at radius 3 is 2.65 bits per heavy atom. The minimum Gasteiger partial charge on any atom is -0.382 e. The van der Waals surface area contributed by atoms with E-state index in [1.54, 1.807) is 7.11 Å². The van der Waals surface area contributed by atoms with Gasteiger partial charge in [-0.3, -0.25) is 4.79 Å². The van der Waals surface area contributed by atoms with Gasteiger partial charge < -0.3 is 20.1 Å². The Hall–Kier alpha value is -0.650. The zero-order valence-electron chi connectivity index (χ0n) is 10.9. The Labute approximate surface area is 103 Å². The fraction of sp³-hybridized carbons (Fsp3) is 0.917. The fourth-order valence-electron chi connectivity index (χ4n) is 1.90. The van der Waals surface area contributed by atoms with Crippen molar-refractivity contribution in [3.63, 3.8) is 0 Å². The van der Waals surface area contributed by atoms with E-state index in [2.05, 4.69) is 10.6 Å². The van der Waals surface area contributed by atoms with Crippen molar-refractivity contribution in [3.05, 3.63) is 0 Å². The molecular formula is C12H24N2O3. The van der Waals surface area contributed by atoms with Gasteiger partial charge >= 0.3 is 0 Å². The first kappa shape index (κ1) is 14.4. The second-order valence-corrected chi connectivity index (χ2v) is 4.67. The van der Waals surface area contributed by atoms with Crippen molar-refractivity contribution in [1.29, 1.82) is 0 Å². The molecule has 1 amide bonds. The van der Waals surface area contributed by atoms with Gasteiger partial charge in [0.25, 0.3) is 0 Å². The van der Waals surface area contributed by atoms with E-state index in [0.29, 0.717) is 26.4 Å². The summed E-state index contributed by atoms with van der Waals surface area (Å²) in [6.07, 6.45) is 1.81. The Morgan fingerprint density at radius 1 is 1.29 bits per heavy atom. The van der Waals surface area contributed by atoms with E-state index in [-0.39, 0.29) is 11.3 Å². The van der Waals surface area contributed by atoms with Crippen LogP contribution in [0, 0.1) is 5.41 Å². The molecule has 0 spiro atoms. The van der Waals surface area contributed by atoms with Crippen molar-refractivity contribution >= 4 is 5.91 Å². The van der Waals surface area contributed by atoms with Gasteiger partial charge in [-0.05, 0) is 25.9 Å². The summed E-state index contributed by atoms with van der Waals surface area (Å²) in [5.41, 5.74) is -0.211. The average molecular weight is 244 g/mol.